The molecule has 1 aromatic carbocycles. The molecule has 0 spiro atoms. The van der Waals surface area contributed by atoms with Crippen LogP contribution < -0.4 is 0 Å². The Morgan fingerprint density at radius 2 is 1.40 bits per heavy atom. The number of benzene rings is 1. The van der Waals surface area contributed by atoms with Crippen molar-refractivity contribution in [1.29, 1.82) is 0 Å². The Morgan fingerprint density at radius 3 is 1.91 bits per heavy atom. The Bertz CT molecular complexity index is 1370. The van der Waals surface area contributed by atoms with Crippen molar-refractivity contribution in [2.24, 2.45) is 7.05 Å². The first-order valence-corrected chi connectivity index (χ1v) is 11.0. The Balaban J connectivity index is 2.23. The minimum absolute atomic E-state index is 0.195. The van der Waals surface area contributed by atoms with E-state index >= 15 is 0 Å². The van der Waals surface area contributed by atoms with Crippen molar-refractivity contribution in [2.75, 3.05) is 5.75 Å². The van der Waals surface area contributed by atoms with Gasteiger partial charge in [-0.05, 0) is 18.2 Å². The van der Waals surface area contributed by atoms with Crippen molar-refractivity contribution in [3.63, 3.8) is 0 Å². The molecule has 35 heavy (non-hydrogen) atoms. The number of hydrogen-bond donors (Lipinski definition) is 0. The van der Waals surface area contributed by atoms with Crippen LogP contribution in [0.5, 0.6) is 0 Å². The van der Waals surface area contributed by atoms with E-state index in [-0.39, 0.29) is 12.1 Å². The molecule has 16 heteroatoms. The second kappa shape index (κ2) is 8.49. The van der Waals surface area contributed by atoms with Crippen LogP contribution >= 0.6 is 0 Å². The van der Waals surface area contributed by atoms with Crippen molar-refractivity contribution in [3.8, 4) is 22.9 Å². The average molecular weight is 532 g/mol. The average Bonchev–Trinajstić information content (AvgIpc) is 3.12. The van der Waals surface area contributed by atoms with Gasteiger partial charge in [0.25, 0.3) is 0 Å². The molecule has 0 atom stereocenters. The molecule has 6 nitrogen and oxygen atoms in total. The van der Waals surface area contributed by atoms with Crippen LogP contribution in [0.1, 0.15) is 23.6 Å². The highest BCUT2D eigenvalue weighted by molar-refractivity contribution is 7.91. The highest BCUT2D eigenvalue weighted by Crippen LogP contribution is 2.42. The van der Waals surface area contributed by atoms with Crippen LogP contribution in [0.4, 0.5) is 39.5 Å². The third-order valence-electron chi connectivity index (χ3n) is 4.87. The van der Waals surface area contributed by atoms with Gasteiger partial charge in [0.15, 0.2) is 21.5 Å². The van der Waals surface area contributed by atoms with Gasteiger partial charge in [-0.15, -0.1) is 10.2 Å². The molecule has 3 aromatic rings. The lowest BCUT2D eigenvalue weighted by atomic mass is 10.0. The number of alkyl halides is 9. The summed E-state index contributed by atoms with van der Waals surface area (Å²) in [6.07, 6.45) is -15.3. The van der Waals surface area contributed by atoms with Crippen molar-refractivity contribution in [2.45, 2.75) is 30.3 Å². The first-order chi connectivity index (χ1) is 15.9. The van der Waals surface area contributed by atoms with Gasteiger partial charge >= 0.3 is 18.5 Å². The number of hydrogen-bond acceptors (Lipinski definition) is 5. The summed E-state index contributed by atoms with van der Waals surface area (Å²) < 4.78 is 144. The van der Waals surface area contributed by atoms with E-state index in [1.54, 1.807) is 0 Å². The Hall–Kier alpha value is -3.17. The van der Waals surface area contributed by atoms with Gasteiger partial charge < -0.3 is 4.57 Å². The quantitative estimate of drug-likeness (QED) is 0.421. The Labute approximate surface area is 191 Å². The standard InChI is InChI=1S/C19H13F9N4O2S/c1-3-35(33,34)13-7-10(17(20,21)22)8-29-14(13)16-31-30-15(32(16)2)9-4-5-11(18(23,24)25)12(6-9)19(26,27)28/h4-8H,3H2,1-2H3. The molecule has 0 aliphatic rings. The molecule has 3 rings (SSSR count). The SMILES string of the molecule is CCS(=O)(=O)c1cc(C(F)(F)F)cnc1-c1nnc(-c2ccc(C(F)(F)F)c(C(F)(F)F)c2)n1C. The fourth-order valence-electron chi connectivity index (χ4n) is 3.11. The zero-order valence-electron chi connectivity index (χ0n) is 17.5. The maximum absolute atomic E-state index is 13.3. The lowest BCUT2D eigenvalue weighted by Gasteiger charge is -2.16. The fourth-order valence-corrected chi connectivity index (χ4v) is 4.17. The maximum atomic E-state index is 13.3. The predicted molar refractivity (Wildman–Crippen MR) is 102 cm³/mol. The van der Waals surface area contributed by atoms with Crippen LogP contribution in [0.2, 0.25) is 0 Å². The van der Waals surface area contributed by atoms with E-state index in [9.17, 15) is 47.9 Å². The number of halogens is 9. The number of aromatic nitrogens is 4. The molecule has 0 aliphatic heterocycles. The minimum Gasteiger partial charge on any atom is -0.309 e. The van der Waals surface area contributed by atoms with Gasteiger partial charge in [0.1, 0.15) is 5.69 Å². The van der Waals surface area contributed by atoms with E-state index < -0.39 is 78.6 Å². The third-order valence-corrected chi connectivity index (χ3v) is 6.61. The zero-order chi connectivity index (χ0) is 26.6. The highest BCUT2D eigenvalue weighted by atomic mass is 32.2. The normalized spacial score (nSPS) is 13.3. The van der Waals surface area contributed by atoms with Gasteiger partial charge in [-0.25, -0.2) is 8.42 Å². The summed E-state index contributed by atoms with van der Waals surface area (Å²) in [5, 5.41) is 7.23. The summed E-state index contributed by atoms with van der Waals surface area (Å²) in [5.74, 6) is -1.46. The fraction of sp³-hybridized carbons (Fsp3) is 0.316. The van der Waals surface area contributed by atoms with Crippen LogP contribution in [0.25, 0.3) is 22.9 Å². The molecule has 0 bridgehead atoms. The predicted octanol–water partition coefficient (Wildman–Crippen LogP) is 5.39. The van der Waals surface area contributed by atoms with Crippen LogP contribution in [0.15, 0.2) is 35.4 Å². The summed E-state index contributed by atoms with van der Waals surface area (Å²) in [7, 11) is -3.16. The lowest BCUT2D eigenvalue weighted by molar-refractivity contribution is -0.162. The summed E-state index contributed by atoms with van der Waals surface area (Å²) in [5.41, 5.74) is -6.32. The number of nitrogens with zero attached hydrogens (tertiary/aromatic N) is 4. The number of rotatable bonds is 4. The van der Waals surface area contributed by atoms with Crippen LogP contribution in [-0.2, 0) is 35.4 Å². The monoisotopic (exact) mass is 532 g/mol. The first kappa shape index (κ1) is 26.4. The molecule has 0 saturated carbocycles. The molecular formula is C19H13F9N4O2S. The Morgan fingerprint density at radius 1 is 0.829 bits per heavy atom. The second-order valence-corrected chi connectivity index (χ2v) is 9.38. The summed E-state index contributed by atoms with van der Waals surface area (Å²) in [6.45, 7) is 1.17. The maximum Gasteiger partial charge on any atom is 0.417 e. The molecule has 0 aliphatic carbocycles. The molecule has 0 fully saturated rings. The van der Waals surface area contributed by atoms with E-state index in [0.29, 0.717) is 18.3 Å². The van der Waals surface area contributed by atoms with Gasteiger partial charge in [0, 0.05) is 18.8 Å². The van der Waals surface area contributed by atoms with Gasteiger partial charge in [-0.1, -0.05) is 13.0 Å². The van der Waals surface area contributed by atoms with Crippen LogP contribution in [-0.4, -0.2) is 33.9 Å². The highest BCUT2D eigenvalue weighted by Gasteiger charge is 2.43. The molecule has 0 amide bonds. The lowest BCUT2D eigenvalue weighted by Crippen LogP contribution is -2.16. The molecule has 0 radical (unpaired) electrons. The molecule has 2 aromatic heterocycles. The molecule has 0 saturated heterocycles. The topological polar surface area (TPSA) is 77.7 Å². The summed E-state index contributed by atoms with van der Waals surface area (Å²) in [4.78, 5) is 2.70. The van der Waals surface area contributed by atoms with E-state index in [0.717, 1.165) is 11.6 Å². The van der Waals surface area contributed by atoms with E-state index in [2.05, 4.69) is 15.2 Å². The van der Waals surface area contributed by atoms with Crippen molar-refractivity contribution in [3.05, 3.63) is 47.2 Å². The van der Waals surface area contributed by atoms with E-state index in [1.165, 1.54) is 6.92 Å². The molecule has 0 unspecified atom stereocenters. The van der Waals surface area contributed by atoms with Gasteiger partial charge in [0.05, 0.1) is 27.3 Å². The number of sulfone groups is 1. The molecule has 2 heterocycles. The van der Waals surface area contributed by atoms with Gasteiger partial charge in [0.2, 0.25) is 0 Å². The molecular weight excluding hydrogens is 519 g/mol. The van der Waals surface area contributed by atoms with Crippen molar-refractivity contribution in [1.82, 2.24) is 19.7 Å². The van der Waals surface area contributed by atoms with E-state index in [1.807, 2.05) is 0 Å². The third kappa shape index (κ3) is 5.11. The summed E-state index contributed by atoms with van der Waals surface area (Å²) >= 11 is 0. The van der Waals surface area contributed by atoms with Crippen molar-refractivity contribution < 1.29 is 47.9 Å². The molecule has 190 valence electrons. The van der Waals surface area contributed by atoms with Crippen LogP contribution in [0, 0.1) is 0 Å². The first-order valence-electron chi connectivity index (χ1n) is 9.36. The minimum atomic E-state index is -5.38. The van der Waals surface area contributed by atoms with Gasteiger partial charge in [-0.3, -0.25) is 4.98 Å². The van der Waals surface area contributed by atoms with Crippen molar-refractivity contribution >= 4 is 9.84 Å². The van der Waals surface area contributed by atoms with Crippen LogP contribution in [0.3, 0.4) is 0 Å². The number of pyridine rings is 1. The summed E-state index contributed by atoms with van der Waals surface area (Å²) in [6, 6.07) is 1.45. The van der Waals surface area contributed by atoms with E-state index in [4.69, 9.17) is 0 Å². The second-order valence-electron chi connectivity index (χ2n) is 7.13. The largest absolute Gasteiger partial charge is 0.417 e. The molecule has 0 N–H and O–H groups in total. The smallest absolute Gasteiger partial charge is 0.309 e. The van der Waals surface area contributed by atoms with Gasteiger partial charge in [-0.2, -0.15) is 39.5 Å². The zero-order valence-corrected chi connectivity index (χ0v) is 18.3. The Kier molecular flexibility index (Phi) is 6.42.